The van der Waals surface area contributed by atoms with Gasteiger partial charge in [0.15, 0.2) is 0 Å². The summed E-state index contributed by atoms with van der Waals surface area (Å²) in [6.45, 7) is 0. The zero-order valence-corrected chi connectivity index (χ0v) is 11.3. The van der Waals surface area contributed by atoms with Crippen molar-refractivity contribution in [3.8, 4) is 5.75 Å². The van der Waals surface area contributed by atoms with E-state index in [4.69, 9.17) is 4.74 Å². The summed E-state index contributed by atoms with van der Waals surface area (Å²) in [7, 11) is 3.64. The van der Waals surface area contributed by atoms with Crippen LogP contribution in [0.15, 0.2) is 36.7 Å². The summed E-state index contributed by atoms with van der Waals surface area (Å²) >= 11 is 0. The first-order valence-corrected chi connectivity index (χ1v) is 6.65. The number of nitrogens with zero attached hydrogens (tertiary/aromatic N) is 2. The molecule has 1 aliphatic carbocycles. The lowest BCUT2D eigenvalue weighted by atomic mass is 10.0. The third kappa shape index (κ3) is 2.72. The molecular formula is C15H19N3O. The Morgan fingerprint density at radius 2 is 2.26 bits per heavy atom. The van der Waals surface area contributed by atoms with Gasteiger partial charge < -0.3 is 10.1 Å². The Labute approximate surface area is 113 Å². The van der Waals surface area contributed by atoms with Crippen molar-refractivity contribution in [2.45, 2.75) is 18.9 Å². The maximum Gasteiger partial charge on any atom is 0.119 e. The van der Waals surface area contributed by atoms with Crippen molar-refractivity contribution in [3.63, 3.8) is 0 Å². The van der Waals surface area contributed by atoms with Crippen LogP contribution in [0.4, 0.5) is 5.69 Å². The van der Waals surface area contributed by atoms with E-state index in [1.807, 2.05) is 30.2 Å². The summed E-state index contributed by atoms with van der Waals surface area (Å²) < 4.78 is 7.13. The summed E-state index contributed by atoms with van der Waals surface area (Å²) in [4.78, 5) is 0. The zero-order chi connectivity index (χ0) is 13.2. The first-order valence-electron chi connectivity index (χ1n) is 6.65. The van der Waals surface area contributed by atoms with Crippen LogP contribution in [0.5, 0.6) is 5.75 Å². The zero-order valence-electron chi connectivity index (χ0n) is 11.3. The minimum Gasteiger partial charge on any atom is -0.497 e. The fourth-order valence-corrected chi connectivity index (χ4v) is 2.41. The number of anilines is 1. The first-order chi connectivity index (χ1) is 9.26. The third-order valence-corrected chi connectivity index (χ3v) is 3.57. The molecule has 0 amide bonds. The third-order valence-electron chi connectivity index (χ3n) is 3.57. The van der Waals surface area contributed by atoms with E-state index in [9.17, 15) is 0 Å². The molecule has 3 rings (SSSR count). The van der Waals surface area contributed by atoms with Gasteiger partial charge in [-0.25, -0.2) is 0 Å². The second-order valence-corrected chi connectivity index (χ2v) is 5.14. The normalized spacial score (nSPS) is 16.1. The highest BCUT2D eigenvalue weighted by molar-refractivity contribution is 5.44. The molecule has 4 heteroatoms. The van der Waals surface area contributed by atoms with Crippen molar-refractivity contribution in [3.05, 3.63) is 42.2 Å². The molecule has 0 saturated heterocycles. The van der Waals surface area contributed by atoms with E-state index in [2.05, 4.69) is 28.6 Å². The predicted octanol–water partition coefficient (Wildman–Crippen LogP) is 2.99. The monoisotopic (exact) mass is 257 g/mol. The predicted molar refractivity (Wildman–Crippen MR) is 75.3 cm³/mol. The van der Waals surface area contributed by atoms with Crippen molar-refractivity contribution in [1.82, 2.24) is 9.78 Å². The smallest absolute Gasteiger partial charge is 0.119 e. The number of hydrogen-bond acceptors (Lipinski definition) is 3. The van der Waals surface area contributed by atoms with Crippen molar-refractivity contribution >= 4 is 5.69 Å². The average Bonchev–Trinajstić information content (AvgIpc) is 3.19. The van der Waals surface area contributed by atoms with Crippen LogP contribution >= 0.6 is 0 Å². The van der Waals surface area contributed by atoms with E-state index in [-0.39, 0.29) is 0 Å². The Morgan fingerprint density at radius 1 is 1.42 bits per heavy atom. The molecule has 1 fully saturated rings. The van der Waals surface area contributed by atoms with E-state index in [1.54, 1.807) is 7.11 Å². The molecule has 1 aromatic heterocycles. The molecule has 0 unspecified atom stereocenters. The van der Waals surface area contributed by atoms with Gasteiger partial charge in [-0.15, -0.1) is 0 Å². The van der Waals surface area contributed by atoms with Crippen LogP contribution < -0.4 is 10.1 Å². The van der Waals surface area contributed by atoms with E-state index in [1.165, 1.54) is 18.4 Å². The van der Waals surface area contributed by atoms with Crippen molar-refractivity contribution < 1.29 is 4.74 Å². The lowest BCUT2D eigenvalue weighted by Gasteiger charge is -2.19. The topological polar surface area (TPSA) is 39.1 Å². The highest BCUT2D eigenvalue weighted by Gasteiger charge is 2.32. The molecule has 4 nitrogen and oxygen atoms in total. The molecule has 19 heavy (non-hydrogen) atoms. The molecule has 1 heterocycles. The second-order valence-electron chi connectivity index (χ2n) is 5.14. The van der Waals surface area contributed by atoms with Crippen LogP contribution in [0, 0.1) is 5.92 Å². The Hall–Kier alpha value is -1.97. The van der Waals surface area contributed by atoms with E-state index < -0.39 is 0 Å². The van der Waals surface area contributed by atoms with Crippen molar-refractivity contribution in [2.24, 2.45) is 13.0 Å². The Morgan fingerprint density at radius 3 is 2.89 bits per heavy atom. The van der Waals surface area contributed by atoms with Gasteiger partial charge in [0.05, 0.1) is 25.0 Å². The number of rotatable bonds is 5. The van der Waals surface area contributed by atoms with Crippen molar-refractivity contribution in [2.75, 3.05) is 12.4 Å². The molecule has 1 aliphatic rings. The molecule has 1 saturated carbocycles. The molecule has 1 aromatic carbocycles. The lowest BCUT2D eigenvalue weighted by Crippen LogP contribution is -2.12. The van der Waals surface area contributed by atoms with Gasteiger partial charge in [-0.3, -0.25) is 4.68 Å². The fourth-order valence-electron chi connectivity index (χ4n) is 2.41. The summed E-state index contributed by atoms with van der Waals surface area (Å²) in [5.74, 6) is 1.63. The maximum atomic E-state index is 5.32. The highest BCUT2D eigenvalue weighted by atomic mass is 16.5. The fraction of sp³-hybridized carbons (Fsp3) is 0.400. The second kappa shape index (κ2) is 4.96. The number of aromatic nitrogens is 2. The SMILES string of the molecule is COc1cccc([C@@H](Nc2cnn(C)c2)C2CC2)c1. The molecule has 0 bridgehead atoms. The molecule has 0 spiro atoms. The standard InChI is InChI=1S/C15H19N3O/c1-18-10-13(9-16-18)17-15(11-6-7-11)12-4-3-5-14(8-12)19-2/h3-5,8-11,15,17H,6-7H2,1-2H3/t15-/m0/s1. The molecule has 0 aliphatic heterocycles. The quantitative estimate of drug-likeness (QED) is 0.895. The summed E-state index contributed by atoms with van der Waals surface area (Å²) in [6, 6.07) is 8.66. The van der Waals surface area contributed by atoms with Crippen LogP contribution in [0.1, 0.15) is 24.4 Å². The summed E-state index contributed by atoms with van der Waals surface area (Å²) in [5.41, 5.74) is 2.35. The van der Waals surface area contributed by atoms with Gasteiger partial charge in [-0.2, -0.15) is 5.10 Å². The van der Waals surface area contributed by atoms with Crippen molar-refractivity contribution in [1.29, 1.82) is 0 Å². The number of ether oxygens (including phenoxy) is 1. The molecular weight excluding hydrogens is 238 g/mol. The van der Waals surface area contributed by atoms with Gasteiger partial charge in [0, 0.05) is 13.2 Å². The van der Waals surface area contributed by atoms with Gasteiger partial charge >= 0.3 is 0 Å². The van der Waals surface area contributed by atoms with Crippen LogP contribution in [-0.2, 0) is 7.05 Å². The lowest BCUT2D eigenvalue weighted by molar-refractivity contribution is 0.413. The van der Waals surface area contributed by atoms with E-state index in [0.717, 1.165) is 11.4 Å². The molecule has 100 valence electrons. The molecule has 0 radical (unpaired) electrons. The highest BCUT2D eigenvalue weighted by Crippen LogP contribution is 2.43. The van der Waals surface area contributed by atoms with Crippen LogP contribution in [-0.4, -0.2) is 16.9 Å². The average molecular weight is 257 g/mol. The largest absolute Gasteiger partial charge is 0.497 e. The van der Waals surface area contributed by atoms with Gasteiger partial charge in [-0.05, 0) is 36.5 Å². The van der Waals surface area contributed by atoms with E-state index in [0.29, 0.717) is 12.0 Å². The van der Waals surface area contributed by atoms with Gasteiger partial charge in [0.25, 0.3) is 0 Å². The summed E-state index contributed by atoms with van der Waals surface area (Å²) in [5, 5.41) is 7.80. The van der Waals surface area contributed by atoms with Gasteiger partial charge in [-0.1, -0.05) is 12.1 Å². The van der Waals surface area contributed by atoms with Crippen LogP contribution in [0.2, 0.25) is 0 Å². The van der Waals surface area contributed by atoms with E-state index >= 15 is 0 Å². The molecule has 2 aromatic rings. The number of aryl methyl sites for hydroxylation is 1. The summed E-state index contributed by atoms with van der Waals surface area (Å²) in [6.07, 6.45) is 6.45. The Bertz CT molecular complexity index is 560. The van der Waals surface area contributed by atoms with Crippen LogP contribution in [0.3, 0.4) is 0 Å². The number of benzene rings is 1. The Kier molecular flexibility index (Phi) is 3.15. The number of methoxy groups -OCH3 is 1. The minimum absolute atomic E-state index is 0.347. The number of hydrogen-bond donors (Lipinski definition) is 1. The van der Waals surface area contributed by atoms with Gasteiger partial charge in [0.2, 0.25) is 0 Å². The van der Waals surface area contributed by atoms with Gasteiger partial charge in [0.1, 0.15) is 5.75 Å². The maximum absolute atomic E-state index is 5.32. The first kappa shape index (κ1) is 12.1. The Balaban J connectivity index is 1.83. The molecule has 1 N–H and O–H groups in total. The van der Waals surface area contributed by atoms with Crippen LogP contribution in [0.25, 0.3) is 0 Å². The minimum atomic E-state index is 0.347. The molecule has 1 atom stereocenters. The number of nitrogens with one attached hydrogen (secondary N) is 1.